The second-order valence-corrected chi connectivity index (χ2v) is 10.7. The van der Waals surface area contributed by atoms with E-state index in [9.17, 15) is 14.7 Å². The lowest BCUT2D eigenvalue weighted by atomic mass is 9.85. The van der Waals surface area contributed by atoms with Gasteiger partial charge >= 0.3 is 5.97 Å². The van der Waals surface area contributed by atoms with Crippen LogP contribution in [0.15, 0.2) is 35.7 Å². The summed E-state index contributed by atoms with van der Waals surface area (Å²) < 4.78 is 2.40. The minimum absolute atomic E-state index is 0.168. The maximum atomic E-state index is 12.9. The molecule has 1 saturated carbocycles. The van der Waals surface area contributed by atoms with Gasteiger partial charge in [0.25, 0.3) is 5.91 Å². The number of hydrogen-bond donors (Lipinski definition) is 2. The van der Waals surface area contributed by atoms with Crippen LogP contribution in [0.3, 0.4) is 0 Å². The zero-order valence-corrected chi connectivity index (χ0v) is 20.4. The van der Waals surface area contributed by atoms with Crippen LogP contribution in [0.5, 0.6) is 0 Å². The van der Waals surface area contributed by atoms with Crippen LogP contribution in [-0.4, -0.2) is 32.6 Å². The minimum Gasteiger partial charge on any atom is -0.480 e. The van der Waals surface area contributed by atoms with Crippen molar-refractivity contribution >= 4 is 34.2 Å². The topological polar surface area (TPSA) is 84.2 Å². The van der Waals surface area contributed by atoms with Gasteiger partial charge in [0.05, 0.1) is 11.0 Å². The van der Waals surface area contributed by atoms with Gasteiger partial charge in [-0.25, -0.2) is 9.78 Å². The summed E-state index contributed by atoms with van der Waals surface area (Å²) in [4.78, 5) is 30.7. The summed E-state index contributed by atoms with van der Waals surface area (Å²) in [6, 6.07) is 9.29. The first-order valence-electron chi connectivity index (χ1n) is 11.9. The predicted octanol–water partition coefficient (Wildman–Crippen LogP) is 5.67. The van der Waals surface area contributed by atoms with Crippen LogP contribution in [0.2, 0.25) is 0 Å². The summed E-state index contributed by atoms with van der Waals surface area (Å²) in [5.74, 6) is 0.402. The SMILES string of the molecule is CC(C)C[C@H](NC(=O)c1ccc2c(c1)nc(Cc1cccs1)n2[C@H]1CCCC[C@@H]1C)C(=O)O. The molecule has 1 aliphatic carbocycles. The Morgan fingerprint density at radius 3 is 2.70 bits per heavy atom. The average molecular weight is 468 g/mol. The van der Waals surface area contributed by atoms with Gasteiger partial charge in [-0.2, -0.15) is 0 Å². The number of carbonyl (C=O) groups excluding carboxylic acids is 1. The number of fused-ring (bicyclic) bond motifs is 1. The second kappa shape index (κ2) is 10.1. The van der Waals surface area contributed by atoms with E-state index in [4.69, 9.17) is 4.98 Å². The van der Waals surface area contributed by atoms with Gasteiger partial charge in [0.15, 0.2) is 0 Å². The third-order valence-corrected chi connectivity index (χ3v) is 7.52. The lowest BCUT2D eigenvalue weighted by molar-refractivity contribution is -0.139. The number of thiophene rings is 1. The number of aromatic nitrogens is 2. The molecule has 7 heteroatoms. The number of carboxylic acid groups (broad SMARTS) is 1. The lowest BCUT2D eigenvalue weighted by Crippen LogP contribution is -2.41. The number of amides is 1. The summed E-state index contributed by atoms with van der Waals surface area (Å²) in [5.41, 5.74) is 2.29. The van der Waals surface area contributed by atoms with Crippen LogP contribution >= 0.6 is 11.3 Å². The first-order valence-corrected chi connectivity index (χ1v) is 12.8. The number of hydrogen-bond acceptors (Lipinski definition) is 4. The van der Waals surface area contributed by atoms with Gasteiger partial charge in [-0.15, -0.1) is 11.3 Å². The number of aliphatic carboxylic acids is 1. The molecule has 0 saturated heterocycles. The third kappa shape index (κ3) is 5.29. The van der Waals surface area contributed by atoms with E-state index in [1.54, 1.807) is 23.5 Å². The molecular weight excluding hydrogens is 434 g/mol. The molecule has 4 rings (SSSR count). The Kier molecular flexibility index (Phi) is 7.17. The van der Waals surface area contributed by atoms with Gasteiger partial charge in [-0.3, -0.25) is 4.79 Å². The van der Waals surface area contributed by atoms with Gasteiger partial charge in [-0.1, -0.05) is 39.7 Å². The van der Waals surface area contributed by atoms with E-state index >= 15 is 0 Å². The smallest absolute Gasteiger partial charge is 0.326 e. The number of carboxylic acids is 1. The fourth-order valence-electron chi connectivity index (χ4n) is 4.97. The van der Waals surface area contributed by atoms with Crippen molar-refractivity contribution in [3.8, 4) is 0 Å². The third-order valence-electron chi connectivity index (χ3n) is 6.65. The van der Waals surface area contributed by atoms with Crippen LogP contribution in [0.25, 0.3) is 11.0 Å². The molecule has 2 heterocycles. The molecule has 1 fully saturated rings. The molecule has 33 heavy (non-hydrogen) atoms. The van der Waals surface area contributed by atoms with Crippen molar-refractivity contribution in [1.29, 1.82) is 0 Å². The highest BCUT2D eigenvalue weighted by molar-refractivity contribution is 7.09. The van der Waals surface area contributed by atoms with Crippen molar-refractivity contribution < 1.29 is 14.7 Å². The zero-order valence-electron chi connectivity index (χ0n) is 19.6. The summed E-state index contributed by atoms with van der Waals surface area (Å²) >= 11 is 1.73. The van der Waals surface area contributed by atoms with Crippen LogP contribution in [-0.2, 0) is 11.2 Å². The average Bonchev–Trinajstić information content (AvgIpc) is 3.40. The van der Waals surface area contributed by atoms with E-state index in [2.05, 4.69) is 34.3 Å². The van der Waals surface area contributed by atoms with E-state index in [-0.39, 0.29) is 11.8 Å². The van der Waals surface area contributed by atoms with Gasteiger partial charge in [0.1, 0.15) is 11.9 Å². The van der Waals surface area contributed by atoms with Crippen LogP contribution in [0.1, 0.15) is 80.0 Å². The maximum Gasteiger partial charge on any atom is 0.326 e. The van der Waals surface area contributed by atoms with Crippen molar-refractivity contribution in [3.63, 3.8) is 0 Å². The Hall–Kier alpha value is -2.67. The standard InChI is InChI=1S/C26H33N3O3S/c1-16(2)13-21(26(31)32)28-25(30)18-10-11-23-20(14-18)27-24(15-19-8-6-12-33-19)29(23)22-9-5-4-7-17(22)3/h6,8,10-12,14,16-17,21-22H,4-5,7,9,13,15H2,1-3H3,(H,28,30)(H,31,32)/t17-,21-,22-/m0/s1. The molecule has 0 bridgehead atoms. The number of rotatable bonds is 8. The highest BCUT2D eigenvalue weighted by Crippen LogP contribution is 2.37. The highest BCUT2D eigenvalue weighted by Gasteiger charge is 2.28. The molecule has 0 aliphatic heterocycles. The Labute approximate surface area is 199 Å². The Bertz CT molecular complexity index is 1120. The zero-order chi connectivity index (χ0) is 23.5. The van der Waals surface area contributed by atoms with Gasteiger partial charge in [0, 0.05) is 22.9 Å². The fraction of sp³-hybridized carbons (Fsp3) is 0.500. The van der Waals surface area contributed by atoms with Crippen molar-refractivity contribution in [2.75, 3.05) is 0 Å². The molecule has 1 amide bonds. The molecule has 3 aromatic rings. The Balaban J connectivity index is 1.68. The van der Waals surface area contributed by atoms with Crippen molar-refractivity contribution in [1.82, 2.24) is 14.9 Å². The number of nitrogens with one attached hydrogen (secondary N) is 1. The van der Waals surface area contributed by atoms with E-state index in [1.807, 2.05) is 19.9 Å². The molecule has 6 nitrogen and oxygen atoms in total. The maximum absolute atomic E-state index is 12.9. The summed E-state index contributed by atoms with van der Waals surface area (Å²) in [6.07, 6.45) is 6.02. The molecule has 2 N–H and O–H groups in total. The molecule has 0 spiro atoms. The predicted molar refractivity (Wildman–Crippen MR) is 132 cm³/mol. The van der Waals surface area contributed by atoms with Gasteiger partial charge < -0.3 is 15.0 Å². The quantitative estimate of drug-likeness (QED) is 0.447. The monoisotopic (exact) mass is 467 g/mol. The summed E-state index contributed by atoms with van der Waals surface area (Å²) in [5, 5.41) is 14.3. The summed E-state index contributed by atoms with van der Waals surface area (Å²) in [7, 11) is 0. The molecule has 1 aromatic carbocycles. The Morgan fingerprint density at radius 2 is 2.03 bits per heavy atom. The van der Waals surface area contributed by atoms with Gasteiger partial charge in [-0.05, 0) is 60.7 Å². The number of benzene rings is 1. The Morgan fingerprint density at radius 1 is 1.24 bits per heavy atom. The number of imidazole rings is 1. The molecule has 0 unspecified atom stereocenters. The molecule has 3 atom stereocenters. The minimum atomic E-state index is -1.01. The molecular formula is C26H33N3O3S. The van der Waals surface area contributed by atoms with Gasteiger partial charge in [0.2, 0.25) is 0 Å². The molecule has 176 valence electrons. The fourth-order valence-corrected chi connectivity index (χ4v) is 5.67. The van der Waals surface area contributed by atoms with E-state index in [0.29, 0.717) is 23.9 Å². The number of carbonyl (C=O) groups is 2. The molecule has 2 aromatic heterocycles. The first-order chi connectivity index (χ1) is 15.8. The highest BCUT2D eigenvalue weighted by atomic mass is 32.1. The van der Waals surface area contributed by atoms with Crippen LogP contribution in [0, 0.1) is 11.8 Å². The normalized spacial score (nSPS) is 19.6. The van der Waals surface area contributed by atoms with Crippen molar-refractivity contribution in [3.05, 3.63) is 52.0 Å². The summed E-state index contributed by atoms with van der Waals surface area (Å²) in [6.45, 7) is 6.22. The van der Waals surface area contributed by atoms with Crippen molar-refractivity contribution in [2.45, 2.75) is 71.4 Å². The molecule has 0 radical (unpaired) electrons. The largest absolute Gasteiger partial charge is 0.480 e. The van der Waals surface area contributed by atoms with E-state index in [1.165, 1.54) is 24.1 Å². The van der Waals surface area contributed by atoms with Crippen LogP contribution < -0.4 is 5.32 Å². The number of nitrogens with zero attached hydrogens (tertiary/aromatic N) is 2. The van der Waals surface area contributed by atoms with Crippen molar-refractivity contribution in [2.24, 2.45) is 11.8 Å². The van der Waals surface area contributed by atoms with E-state index in [0.717, 1.165) is 29.7 Å². The lowest BCUT2D eigenvalue weighted by Gasteiger charge is -2.31. The van der Waals surface area contributed by atoms with E-state index < -0.39 is 12.0 Å². The second-order valence-electron chi connectivity index (χ2n) is 9.68. The first kappa shape index (κ1) is 23.5. The molecule has 1 aliphatic rings. The van der Waals surface area contributed by atoms with Crippen LogP contribution in [0.4, 0.5) is 0 Å².